The van der Waals surface area contributed by atoms with E-state index in [2.05, 4.69) is 20.8 Å². The van der Waals surface area contributed by atoms with Crippen molar-refractivity contribution in [1.82, 2.24) is 4.90 Å². The van der Waals surface area contributed by atoms with Gasteiger partial charge in [0.1, 0.15) is 6.61 Å². The zero-order valence-corrected chi connectivity index (χ0v) is 17.5. The molecule has 0 heterocycles. The highest BCUT2D eigenvalue weighted by Crippen LogP contribution is 2.34. The Morgan fingerprint density at radius 3 is 2.33 bits per heavy atom. The third-order valence-corrected chi connectivity index (χ3v) is 4.55. The van der Waals surface area contributed by atoms with Gasteiger partial charge in [0.25, 0.3) is 0 Å². The van der Waals surface area contributed by atoms with Crippen LogP contribution >= 0.6 is 11.6 Å². The van der Waals surface area contributed by atoms with Crippen LogP contribution in [0.25, 0.3) is 0 Å². The van der Waals surface area contributed by atoms with Crippen LogP contribution in [0.15, 0.2) is 42.5 Å². The third kappa shape index (κ3) is 5.90. The first-order chi connectivity index (χ1) is 12.7. The van der Waals surface area contributed by atoms with Crippen molar-refractivity contribution in [2.45, 2.75) is 46.6 Å². The molecule has 0 fully saturated rings. The SMILES string of the molecule is CCN(CC)C(=O)Oc1cc(C(C)(C)C)ccc1OCc1cccc(Cl)c1. The number of nitrogens with zero attached hydrogens (tertiary/aromatic N) is 1. The zero-order valence-electron chi connectivity index (χ0n) is 16.7. The molecule has 0 aliphatic rings. The van der Waals surface area contributed by atoms with Gasteiger partial charge in [0.15, 0.2) is 11.5 Å². The number of benzene rings is 2. The second kappa shape index (κ2) is 9.14. The van der Waals surface area contributed by atoms with Gasteiger partial charge in [-0.1, -0.05) is 50.6 Å². The van der Waals surface area contributed by atoms with Gasteiger partial charge in [-0.2, -0.15) is 0 Å². The Hall–Kier alpha value is -2.20. The van der Waals surface area contributed by atoms with E-state index in [0.29, 0.717) is 36.2 Å². The van der Waals surface area contributed by atoms with Crippen LogP contribution in [0.5, 0.6) is 11.5 Å². The lowest BCUT2D eigenvalue weighted by Gasteiger charge is -2.23. The summed E-state index contributed by atoms with van der Waals surface area (Å²) in [4.78, 5) is 14.1. The highest BCUT2D eigenvalue weighted by atomic mass is 35.5. The quantitative estimate of drug-likeness (QED) is 0.602. The Balaban J connectivity index is 2.27. The van der Waals surface area contributed by atoms with E-state index in [1.807, 2.05) is 56.3 Å². The molecule has 2 aromatic carbocycles. The number of carbonyl (C=O) groups is 1. The molecule has 0 N–H and O–H groups in total. The molecular formula is C22H28ClNO3. The van der Waals surface area contributed by atoms with E-state index in [0.717, 1.165) is 11.1 Å². The number of amides is 1. The minimum atomic E-state index is -0.376. The Morgan fingerprint density at radius 1 is 1.04 bits per heavy atom. The Morgan fingerprint density at radius 2 is 1.74 bits per heavy atom. The van der Waals surface area contributed by atoms with Gasteiger partial charge in [0.2, 0.25) is 0 Å². The van der Waals surface area contributed by atoms with Crippen molar-refractivity contribution in [1.29, 1.82) is 0 Å². The molecule has 0 aliphatic heterocycles. The van der Waals surface area contributed by atoms with Gasteiger partial charge in [-0.3, -0.25) is 0 Å². The Kier molecular flexibility index (Phi) is 7.14. The van der Waals surface area contributed by atoms with Crippen LogP contribution in [0.3, 0.4) is 0 Å². The molecule has 0 aliphatic carbocycles. The fourth-order valence-electron chi connectivity index (χ4n) is 2.60. The summed E-state index contributed by atoms with van der Waals surface area (Å²) in [5.74, 6) is 0.963. The first kappa shape index (κ1) is 21.1. The summed E-state index contributed by atoms with van der Waals surface area (Å²) in [6.45, 7) is 11.7. The summed E-state index contributed by atoms with van der Waals surface area (Å²) < 4.78 is 11.6. The molecule has 2 rings (SSSR count). The normalized spacial score (nSPS) is 11.2. The predicted molar refractivity (Wildman–Crippen MR) is 110 cm³/mol. The average Bonchev–Trinajstić information content (AvgIpc) is 2.61. The van der Waals surface area contributed by atoms with Gasteiger partial charge < -0.3 is 14.4 Å². The molecule has 2 aromatic rings. The molecule has 0 bridgehead atoms. The van der Waals surface area contributed by atoms with Crippen LogP contribution in [0.2, 0.25) is 5.02 Å². The lowest BCUT2D eigenvalue weighted by molar-refractivity contribution is 0.154. The number of hydrogen-bond acceptors (Lipinski definition) is 3. The number of rotatable bonds is 6. The minimum absolute atomic E-state index is 0.0676. The van der Waals surface area contributed by atoms with Crippen molar-refractivity contribution in [2.75, 3.05) is 13.1 Å². The van der Waals surface area contributed by atoms with E-state index in [4.69, 9.17) is 21.1 Å². The average molecular weight is 390 g/mol. The van der Waals surface area contributed by atoms with Crippen LogP contribution in [0.1, 0.15) is 45.7 Å². The molecule has 0 spiro atoms. The topological polar surface area (TPSA) is 38.8 Å². The van der Waals surface area contributed by atoms with Crippen LogP contribution in [0, 0.1) is 0 Å². The van der Waals surface area contributed by atoms with Crippen molar-refractivity contribution < 1.29 is 14.3 Å². The Labute approximate surface area is 167 Å². The largest absolute Gasteiger partial charge is 0.485 e. The summed E-state index contributed by atoms with van der Waals surface area (Å²) in [6.07, 6.45) is -0.376. The zero-order chi connectivity index (χ0) is 20.0. The smallest absolute Gasteiger partial charge is 0.415 e. The van der Waals surface area contributed by atoms with Gasteiger partial charge in [-0.05, 0) is 54.7 Å². The lowest BCUT2D eigenvalue weighted by atomic mass is 9.87. The van der Waals surface area contributed by atoms with Crippen LogP contribution in [0.4, 0.5) is 4.79 Å². The summed E-state index contributed by atoms with van der Waals surface area (Å²) in [7, 11) is 0. The number of carbonyl (C=O) groups excluding carboxylic acids is 1. The molecule has 0 saturated carbocycles. The third-order valence-electron chi connectivity index (χ3n) is 4.31. The van der Waals surface area contributed by atoms with Crippen molar-refractivity contribution in [3.8, 4) is 11.5 Å². The van der Waals surface area contributed by atoms with E-state index >= 15 is 0 Å². The molecule has 1 amide bonds. The fourth-order valence-corrected chi connectivity index (χ4v) is 2.81. The van der Waals surface area contributed by atoms with Crippen LogP contribution in [-0.4, -0.2) is 24.1 Å². The van der Waals surface area contributed by atoms with E-state index in [1.54, 1.807) is 4.90 Å². The van der Waals surface area contributed by atoms with Crippen molar-refractivity contribution in [2.24, 2.45) is 0 Å². The van der Waals surface area contributed by atoms with E-state index in [-0.39, 0.29) is 11.5 Å². The maximum absolute atomic E-state index is 12.4. The minimum Gasteiger partial charge on any atom is -0.485 e. The second-order valence-corrected chi connectivity index (χ2v) is 7.81. The maximum Gasteiger partial charge on any atom is 0.415 e. The van der Waals surface area contributed by atoms with Gasteiger partial charge in [-0.15, -0.1) is 0 Å². The molecule has 27 heavy (non-hydrogen) atoms. The first-order valence-electron chi connectivity index (χ1n) is 9.23. The molecule has 146 valence electrons. The predicted octanol–water partition coefficient (Wildman–Crippen LogP) is 6.06. The monoisotopic (exact) mass is 389 g/mol. The highest BCUT2D eigenvalue weighted by Gasteiger charge is 2.20. The number of halogens is 1. The number of hydrogen-bond donors (Lipinski definition) is 0. The fraction of sp³-hybridized carbons (Fsp3) is 0.409. The summed E-state index contributed by atoms with van der Waals surface area (Å²) >= 11 is 6.03. The van der Waals surface area contributed by atoms with Crippen molar-refractivity contribution in [3.05, 3.63) is 58.6 Å². The molecule has 0 atom stereocenters. The second-order valence-electron chi connectivity index (χ2n) is 7.37. The first-order valence-corrected chi connectivity index (χ1v) is 9.61. The van der Waals surface area contributed by atoms with E-state index in [9.17, 15) is 4.79 Å². The van der Waals surface area contributed by atoms with Crippen LogP contribution in [-0.2, 0) is 12.0 Å². The van der Waals surface area contributed by atoms with Gasteiger partial charge in [0, 0.05) is 18.1 Å². The Bertz CT molecular complexity index is 779. The molecular weight excluding hydrogens is 362 g/mol. The highest BCUT2D eigenvalue weighted by molar-refractivity contribution is 6.30. The molecule has 0 saturated heterocycles. The van der Waals surface area contributed by atoms with Gasteiger partial charge in [0.05, 0.1) is 0 Å². The van der Waals surface area contributed by atoms with Gasteiger partial charge in [-0.25, -0.2) is 4.79 Å². The summed E-state index contributed by atoms with van der Waals surface area (Å²) in [5.41, 5.74) is 1.95. The summed E-state index contributed by atoms with van der Waals surface area (Å²) in [5, 5.41) is 0.660. The molecule has 5 heteroatoms. The maximum atomic E-state index is 12.4. The molecule has 0 unspecified atom stereocenters. The molecule has 0 aromatic heterocycles. The molecule has 0 radical (unpaired) electrons. The van der Waals surface area contributed by atoms with Crippen molar-refractivity contribution in [3.63, 3.8) is 0 Å². The van der Waals surface area contributed by atoms with E-state index in [1.165, 1.54) is 0 Å². The number of ether oxygens (including phenoxy) is 2. The van der Waals surface area contributed by atoms with Gasteiger partial charge >= 0.3 is 6.09 Å². The van der Waals surface area contributed by atoms with Crippen molar-refractivity contribution >= 4 is 17.7 Å². The standard InChI is InChI=1S/C22H28ClNO3/c1-6-24(7-2)21(25)27-20-14-17(22(3,4)5)11-12-19(20)26-15-16-9-8-10-18(23)13-16/h8-14H,6-7,15H2,1-5H3. The van der Waals surface area contributed by atoms with Crippen LogP contribution < -0.4 is 9.47 Å². The molecule has 4 nitrogen and oxygen atoms in total. The van der Waals surface area contributed by atoms with E-state index < -0.39 is 0 Å². The lowest BCUT2D eigenvalue weighted by Crippen LogP contribution is -2.33. The summed E-state index contributed by atoms with van der Waals surface area (Å²) in [6, 6.07) is 13.2.